The predicted octanol–water partition coefficient (Wildman–Crippen LogP) is 0.888. The van der Waals surface area contributed by atoms with Crippen LogP contribution in [-0.2, 0) is 9.84 Å². The Morgan fingerprint density at radius 1 is 1.61 bits per heavy atom. The lowest BCUT2D eigenvalue weighted by Gasteiger charge is -2.38. The van der Waals surface area contributed by atoms with Crippen LogP contribution in [0.5, 0.6) is 0 Å². The SMILES string of the molecule is CS(=O)(=O)C1CC(O)(C(F)(F)F)N=C2SC=CN21. The first kappa shape index (κ1) is 13.7. The van der Waals surface area contributed by atoms with Gasteiger partial charge in [-0.3, -0.25) is 0 Å². The molecule has 0 bridgehead atoms. The van der Waals surface area contributed by atoms with Gasteiger partial charge in [-0.05, 0) is 5.41 Å². The largest absolute Gasteiger partial charge is 0.438 e. The van der Waals surface area contributed by atoms with Crippen LogP contribution in [0.1, 0.15) is 6.42 Å². The van der Waals surface area contributed by atoms with Gasteiger partial charge in [0, 0.05) is 18.9 Å². The molecule has 2 unspecified atom stereocenters. The minimum atomic E-state index is -5.02. The third kappa shape index (κ3) is 2.12. The normalized spacial score (nSPS) is 32.4. The molecule has 102 valence electrons. The van der Waals surface area contributed by atoms with Gasteiger partial charge in [0.1, 0.15) is 5.37 Å². The smallest absolute Gasteiger partial charge is 0.362 e. The molecule has 18 heavy (non-hydrogen) atoms. The van der Waals surface area contributed by atoms with Crippen molar-refractivity contribution >= 4 is 26.8 Å². The topological polar surface area (TPSA) is 70.0 Å². The van der Waals surface area contributed by atoms with Crippen LogP contribution >= 0.6 is 11.8 Å². The standard InChI is InChI=1S/C8H9F3N2O3S2/c1-18(15,16)5-4-7(14,8(9,10)11)12-6-13(5)2-3-17-6/h2-3,5,14H,4H2,1H3. The maximum Gasteiger partial charge on any atom is 0.438 e. The molecular formula is C8H9F3N2O3S2. The van der Waals surface area contributed by atoms with Crippen molar-refractivity contribution in [2.24, 2.45) is 4.99 Å². The van der Waals surface area contributed by atoms with Crippen LogP contribution in [0, 0.1) is 0 Å². The summed E-state index contributed by atoms with van der Waals surface area (Å²) >= 11 is 0.835. The summed E-state index contributed by atoms with van der Waals surface area (Å²) in [5.41, 5.74) is -3.36. The first-order valence-electron chi connectivity index (χ1n) is 4.74. The Kier molecular flexibility index (Phi) is 2.95. The van der Waals surface area contributed by atoms with E-state index in [1.165, 1.54) is 11.6 Å². The van der Waals surface area contributed by atoms with Gasteiger partial charge in [0.25, 0.3) is 5.72 Å². The minimum Gasteiger partial charge on any atom is -0.362 e. The lowest BCUT2D eigenvalue weighted by Crippen LogP contribution is -2.55. The number of hydrogen-bond donors (Lipinski definition) is 1. The molecule has 0 amide bonds. The Morgan fingerprint density at radius 3 is 2.72 bits per heavy atom. The van der Waals surface area contributed by atoms with E-state index in [0.717, 1.165) is 22.9 Å². The number of hydrogen-bond acceptors (Lipinski definition) is 6. The molecule has 5 nitrogen and oxygen atoms in total. The van der Waals surface area contributed by atoms with Gasteiger partial charge in [0.15, 0.2) is 15.0 Å². The molecule has 0 aromatic rings. The van der Waals surface area contributed by atoms with Gasteiger partial charge in [-0.1, -0.05) is 11.8 Å². The highest BCUT2D eigenvalue weighted by Gasteiger charge is 2.59. The molecule has 2 atom stereocenters. The van der Waals surface area contributed by atoms with E-state index in [1.54, 1.807) is 0 Å². The second-order valence-electron chi connectivity index (χ2n) is 4.01. The Bertz CT molecular complexity index is 528. The monoisotopic (exact) mass is 302 g/mol. The number of halogens is 3. The number of amidine groups is 1. The van der Waals surface area contributed by atoms with Gasteiger partial charge in [-0.25, -0.2) is 13.4 Å². The highest BCUT2D eigenvalue weighted by molar-refractivity contribution is 8.16. The molecule has 0 saturated heterocycles. The summed E-state index contributed by atoms with van der Waals surface area (Å²) in [6.07, 6.45) is -3.89. The summed E-state index contributed by atoms with van der Waals surface area (Å²) in [4.78, 5) is 4.35. The molecule has 1 N–H and O–H groups in total. The Labute approximate surface area is 105 Å². The van der Waals surface area contributed by atoms with E-state index >= 15 is 0 Å². The van der Waals surface area contributed by atoms with Gasteiger partial charge < -0.3 is 10.0 Å². The summed E-state index contributed by atoms with van der Waals surface area (Å²) < 4.78 is 61.3. The fraction of sp³-hybridized carbons (Fsp3) is 0.625. The zero-order chi connectivity index (χ0) is 13.8. The van der Waals surface area contributed by atoms with Crippen molar-refractivity contribution in [1.82, 2.24) is 4.90 Å². The quantitative estimate of drug-likeness (QED) is 0.779. The molecule has 0 aromatic heterocycles. The van der Waals surface area contributed by atoms with E-state index in [2.05, 4.69) is 4.99 Å². The van der Waals surface area contributed by atoms with Crippen molar-refractivity contribution in [3.63, 3.8) is 0 Å². The van der Waals surface area contributed by atoms with E-state index in [4.69, 9.17) is 0 Å². The van der Waals surface area contributed by atoms with Crippen LogP contribution in [0.25, 0.3) is 0 Å². The molecule has 2 heterocycles. The molecule has 2 aliphatic rings. The molecule has 10 heteroatoms. The molecule has 0 radical (unpaired) electrons. The average Bonchev–Trinajstić information content (AvgIpc) is 2.60. The van der Waals surface area contributed by atoms with E-state index in [9.17, 15) is 26.7 Å². The second-order valence-corrected chi connectivity index (χ2v) is 7.08. The second kappa shape index (κ2) is 3.87. The molecule has 0 saturated carbocycles. The van der Waals surface area contributed by atoms with Gasteiger partial charge in [-0.2, -0.15) is 13.2 Å². The summed E-state index contributed by atoms with van der Waals surface area (Å²) in [5, 5.41) is 9.32. The number of aliphatic hydroxyl groups is 1. The number of rotatable bonds is 1. The van der Waals surface area contributed by atoms with Crippen LogP contribution in [0.2, 0.25) is 0 Å². The summed E-state index contributed by atoms with van der Waals surface area (Å²) in [5.74, 6) is 0. The van der Waals surface area contributed by atoms with Crippen molar-refractivity contribution in [2.45, 2.75) is 23.7 Å². The number of aliphatic imine (C=N–C) groups is 1. The lowest BCUT2D eigenvalue weighted by molar-refractivity contribution is -0.262. The third-order valence-corrected chi connectivity index (χ3v) is 4.77. The van der Waals surface area contributed by atoms with Gasteiger partial charge >= 0.3 is 6.18 Å². The first-order chi connectivity index (χ1) is 8.05. The van der Waals surface area contributed by atoms with Gasteiger partial charge in [-0.15, -0.1) is 0 Å². The maximum absolute atomic E-state index is 12.7. The average molecular weight is 302 g/mol. The molecule has 0 aliphatic carbocycles. The fourth-order valence-corrected chi connectivity index (χ4v) is 3.68. The highest BCUT2D eigenvalue weighted by atomic mass is 32.2. The van der Waals surface area contributed by atoms with Crippen LogP contribution < -0.4 is 0 Å². The van der Waals surface area contributed by atoms with Crippen LogP contribution in [0.4, 0.5) is 13.2 Å². The van der Waals surface area contributed by atoms with Crippen molar-refractivity contribution in [2.75, 3.05) is 6.26 Å². The van der Waals surface area contributed by atoms with E-state index in [-0.39, 0.29) is 5.17 Å². The minimum absolute atomic E-state index is 0.170. The zero-order valence-corrected chi connectivity index (χ0v) is 10.7. The Morgan fingerprint density at radius 2 is 2.22 bits per heavy atom. The number of alkyl halides is 3. The van der Waals surface area contributed by atoms with E-state index in [0.29, 0.717) is 0 Å². The highest BCUT2D eigenvalue weighted by Crippen LogP contribution is 2.43. The molecule has 0 aromatic carbocycles. The van der Waals surface area contributed by atoms with Crippen molar-refractivity contribution in [3.05, 3.63) is 11.6 Å². The Balaban J connectivity index is 2.50. The van der Waals surface area contributed by atoms with Crippen LogP contribution in [0.3, 0.4) is 0 Å². The Hall–Kier alpha value is -0.740. The molecule has 0 spiro atoms. The van der Waals surface area contributed by atoms with Crippen LogP contribution in [-0.4, -0.2) is 47.1 Å². The maximum atomic E-state index is 12.7. The zero-order valence-electron chi connectivity index (χ0n) is 9.05. The molecule has 0 fully saturated rings. The number of thioether (sulfide) groups is 1. The number of nitrogens with zero attached hydrogens (tertiary/aromatic N) is 2. The number of fused-ring (bicyclic) bond motifs is 1. The number of sulfone groups is 1. The summed E-state index contributed by atoms with van der Waals surface area (Å²) in [7, 11) is -3.79. The predicted molar refractivity (Wildman–Crippen MR) is 60.3 cm³/mol. The van der Waals surface area contributed by atoms with E-state index in [1.807, 2.05) is 0 Å². The summed E-state index contributed by atoms with van der Waals surface area (Å²) in [6.45, 7) is 0. The first-order valence-corrected chi connectivity index (χ1v) is 7.57. The summed E-state index contributed by atoms with van der Waals surface area (Å²) in [6, 6.07) is 0. The van der Waals surface area contributed by atoms with Crippen LogP contribution in [0.15, 0.2) is 16.6 Å². The van der Waals surface area contributed by atoms with Gasteiger partial charge in [0.2, 0.25) is 0 Å². The fourth-order valence-electron chi connectivity index (χ4n) is 1.67. The van der Waals surface area contributed by atoms with E-state index < -0.39 is 33.5 Å². The van der Waals surface area contributed by atoms with Gasteiger partial charge in [0.05, 0.1) is 0 Å². The van der Waals surface area contributed by atoms with Crippen molar-refractivity contribution in [1.29, 1.82) is 0 Å². The lowest BCUT2D eigenvalue weighted by atomic mass is 10.1. The molecule has 2 aliphatic heterocycles. The van der Waals surface area contributed by atoms with Crippen molar-refractivity contribution < 1.29 is 26.7 Å². The third-order valence-electron chi connectivity index (χ3n) is 2.61. The van der Waals surface area contributed by atoms with Crippen molar-refractivity contribution in [3.8, 4) is 0 Å². The molecule has 2 rings (SSSR count). The molecular weight excluding hydrogens is 293 g/mol.